The van der Waals surface area contributed by atoms with Crippen LogP contribution in [0.5, 0.6) is 5.75 Å². The molecule has 2 rings (SSSR count). The number of hydrogen-bond donors (Lipinski definition) is 2. The quantitative estimate of drug-likeness (QED) is 0.590. The number of nitro benzene ring substituents is 1. The van der Waals surface area contributed by atoms with Gasteiger partial charge in [0.2, 0.25) is 0 Å². The largest absolute Gasteiger partial charge is 0.482 e. The molecule has 8 heteroatoms. The summed E-state index contributed by atoms with van der Waals surface area (Å²) in [5.74, 6) is -0.0267. The second-order valence-electron chi connectivity index (χ2n) is 4.89. The van der Waals surface area contributed by atoms with Crippen LogP contribution in [-0.2, 0) is 4.79 Å². The fraction of sp³-hybridized carbons (Fsp3) is 0.188. The summed E-state index contributed by atoms with van der Waals surface area (Å²) in [6, 6.07) is 12.2. The average molecular weight is 351 g/mol. The van der Waals surface area contributed by atoms with E-state index in [9.17, 15) is 20.0 Å². The maximum Gasteiger partial charge on any atom is 0.269 e. The predicted octanol–water partition coefficient (Wildman–Crippen LogP) is 2.48. The fourth-order valence-electron chi connectivity index (χ4n) is 1.90. The van der Waals surface area contributed by atoms with Crippen molar-refractivity contribution in [1.29, 1.82) is 0 Å². The first-order valence-corrected chi connectivity index (χ1v) is 7.41. The van der Waals surface area contributed by atoms with Gasteiger partial charge in [0.05, 0.1) is 16.0 Å². The zero-order valence-electron chi connectivity index (χ0n) is 12.5. The van der Waals surface area contributed by atoms with Crippen molar-refractivity contribution in [3.8, 4) is 5.75 Å². The van der Waals surface area contributed by atoms with Crippen LogP contribution >= 0.6 is 11.6 Å². The van der Waals surface area contributed by atoms with Crippen LogP contribution in [0.15, 0.2) is 48.5 Å². The minimum atomic E-state index is -0.977. The minimum Gasteiger partial charge on any atom is -0.482 e. The van der Waals surface area contributed by atoms with Crippen molar-refractivity contribution in [2.24, 2.45) is 0 Å². The SMILES string of the molecule is O=C(COc1ccccc1Cl)NC[C@H](O)c1ccc([N+](=O)[O-])cc1. The van der Waals surface area contributed by atoms with Gasteiger partial charge in [0.15, 0.2) is 6.61 Å². The van der Waals surface area contributed by atoms with Crippen molar-refractivity contribution in [2.75, 3.05) is 13.2 Å². The highest BCUT2D eigenvalue weighted by atomic mass is 35.5. The van der Waals surface area contributed by atoms with E-state index >= 15 is 0 Å². The molecule has 1 amide bonds. The molecule has 0 unspecified atom stereocenters. The van der Waals surface area contributed by atoms with Crippen molar-refractivity contribution < 1.29 is 19.6 Å². The van der Waals surface area contributed by atoms with E-state index in [2.05, 4.69) is 5.32 Å². The highest BCUT2D eigenvalue weighted by Gasteiger charge is 2.12. The molecule has 2 N–H and O–H groups in total. The molecule has 0 bridgehead atoms. The average Bonchev–Trinajstić information content (AvgIpc) is 2.59. The van der Waals surface area contributed by atoms with Crippen LogP contribution in [0.3, 0.4) is 0 Å². The Balaban J connectivity index is 1.80. The van der Waals surface area contributed by atoms with Crippen LogP contribution in [0.25, 0.3) is 0 Å². The Morgan fingerprint density at radius 2 is 1.92 bits per heavy atom. The summed E-state index contributed by atoms with van der Waals surface area (Å²) in [5.41, 5.74) is 0.399. The molecule has 2 aromatic carbocycles. The van der Waals surface area contributed by atoms with E-state index in [1.807, 2.05) is 0 Å². The van der Waals surface area contributed by atoms with Gasteiger partial charge in [0.25, 0.3) is 11.6 Å². The number of rotatable bonds is 7. The molecule has 0 aliphatic heterocycles. The molecule has 0 aromatic heterocycles. The molecule has 24 heavy (non-hydrogen) atoms. The minimum absolute atomic E-state index is 0.0392. The Bertz CT molecular complexity index is 721. The Morgan fingerprint density at radius 3 is 2.54 bits per heavy atom. The number of para-hydroxylation sites is 1. The first-order valence-electron chi connectivity index (χ1n) is 7.04. The van der Waals surface area contributed by atoms with Gasteiger partial charge in [-0.3, -0.25) is 14.9 Å². The molecular formula is C16H15ClN2O5. The van der Waals surface area contributed by atoms with E-state index in [1.165, 1.54) is 24.3 Å². The Kier molecular flexibility index (Phi) is 6.11. The van der Waals surface area contributed by atoms with E-state index in [4.69, 9.17) is 16.3 Å². The van der Waals surface area contributed by atoms with E-state index in [1.54, 1.807) is 24.3 Å². The molecule has 126 valence electrons. The molecule has 0 aliphatic carbocycles. The first-order chi connectivity index (χ1) is 11.5. The number of hydrogen-bond acceptors (Lipinski definition) is 5. The van der Waals surface area contributed by atoms with E-state index < -0.39 is 16.9 Å². The normalized spacial score (nSPS) is 11.6. The van der Waals surface area contributed by atoms with Gasteiger partial charge in [-0.05, 0) is 29.8 Å². The van der Waals surface area contributed by atoms with Crippen LogP contribution in [0.2, 0.25) is 5.02 Å². The maximum absolute atomic E-state index is 11.7. The van der Waals surface area contributed by atoms with Crippen molar-refractivity contribution in [3.05, 3.63) is 69.2 Å². The third-order valence-corrected chi connectivity index (χ3v) is 3.49. The molecule has 0 spiro atoms. The van der Waals surface area contributed by atoms with Crippen LogP contribution in [0.4, 0.5) is 5.69 Å². The number of ether oxygens (including phenoxy) is 1. The summed E-state index contributed by atoms with van der Waals surface area (Å²) in [6.07, 6.45) is -0.977. The third-order valence-electron chi connectivity index (χ3n) is 3.18. The van der Waals surface area contributed by atoms with Gasteiger partial charge in [-0.1, -0.05) is 23.7 Å². The first kappa shape index (κ1) is 17.7. The van der Waals surface area contributed by atoms with Crippen molar-refractivity contribution in [1.82, 2.24) is 5.32 Å². The lowest BCUT2D eigenvalue weighted by molar-refractivity contribution is -0.384. The number of nitrogens with one attached hydrogen (secondary N) is 1. The predicted molar refractivity (Wildman–Crippen MR) is 88.0 cm³/mol. The second-order valence-corrected chi connectivity index (χ2v) is 5.29. The molecule has 0 heterocycles. The molecule has 0 aliphatic rings. The maximum atomic E-state index is 11.7. The fourth-order valence-corrected chi connectivity index (χ4v) is 2.09. The summed E-state index contributed by atoms with van der Waals surface area (Å²) < 4.78 is 5.28. The lowest BCUT2D eigenvalue weighted by Gasteiger charge is -2.13. The van der Waals surface area contributed by atoms with E-state index in [0.717, 1.165) is 0 Å². The number of aliphatic hydroxyl groups is 1. The summed E-state index contributed by atoms with van der Waals surface area (Å²) in [6.45, 7) is -0.279. The second kappa shape index (κ2) is 8.28. The highest BCUT2D eigenvalue weighted by molar-refractivity contribution is 6.32. The van der Waals surface area contributed by atoms with Gasteiger partial charge >= 0.3 is 0 Å². The van der Waals surface area contributed by atoms with Crippen LogP contribution in [-0.4, -0.2) is 29.1 Å². The molecule has 1 atom stereocenters. The summed E-state index contributed by atoms with van der Waals surface area (Å²) in [4.78, 5) is 21.8. The van der Waals surface area contributed by atoms with Gasteiger partial charge in [0.1, 0.15) is 5.75 Å². The monoisotopic (exact) mass is 350 g/mol. The highest BCUT2D eigenvalue weighted by Crippen LogP contribution is 2.22. The third kappa shape index (κ3) is 4.94. The zero-order valence-corrected chi connectivity index (χ0v) is 13.3. The zero-order chi connectivity index (χ0) is 17.5. The summed E-state index contributed by atoms with van der Waals surface area (Å²) in [5, 5.41) is 23.5. The number of non-ortho nitro benzene ring substituents is 1. The number of amides is 1. The summed E-state index contributed by atoms with van der Waals surface area (Å²) in [7, 11) is 0. The van der Waals surface area contributed by atoms with Gasteiger partial charge in [-0.25, -0.2) is 0 Å². The molecule has 0 saturated heterocycles. The number of nitro groups is 1. The molecule has 0 radical (unpaired) electrons. The molecular weight excluding hydrogens is 336 g/mol. The number of nitrogens with zero attached hydrogens (tertiary/aromatic N) is 1. The number of halogens is 1. The lowest BCUT2D eigenvalue weighted by atomic mass is 10.1. The van der Waals surface area contributed by atoms with Gasteiger partial charge in [0, 0.05) is 18.7 Å². The van der Waals surface area contributed by atoms with E-state index in [-0.39, 0.29) is 18.8 Å². The number of carbonyl (C=O) groups excluding carboxylic acids is 1. The van der Waals surface area contributed by atoms with Crippen molar-refractivity contribution in [3.63, 3.8) is 0 Å². The Labute approximate surface area is 143 Å². The molecule has 7 nitrogen and oxygen atoms in total. The summed E-state index contributed by atoms with van der Waals surface area (Å²) >= 11 is 5.91. The number of benzene rings is 2. The Hall–Kier alpha value is -2.64. The number of aliphatic hydroxyl groups excluding tert-OH is 1. The smallest absolute Gasteiger partial charge is 0.269 e. The van der Waals surface area contributed by atoms with Crippen LogP contribution < -0.4 is 10.1 Å². The Morgan fingerprint density at radius 1 is 1.25 bits per heavy atom. The number of carbonyl (C=O) groups is 1. The van der Waals surface area contributed by atoms with Crippen molar-refractivity contribution in [2.45, 2.75) is 6.10 Å². The molecule has 0 fully saturated rings. The van der Waals surface area contributed by atoms with Gasteiger partial charge < -0.3 is 15.2 Å². The molecule has 2 aromatic rings. The van der Waals surface area contributed by atoms with Crippen molar-refractivity contribution >= 4 is 23.2 Å². The van der Waals surface area contributed by atoms with Gasteiger partial charge in [-0.15, -0.1) is 0 Å². The lowest BCUT2D eigenvalue weighted by Crippen LogP contribution is -2.32. The topological polar surface area (TPSA) is 102 Å². The standard InChI is InChI=1S/C16H15ClN2O5/c17-13-3-1-2-4-15(13)24-10-16(21)18-9-14(20)11-5-7-12(8-6-11)19(22)23/h1-8,14,20H,9-10H2,(H,18,21)/t14-/m0/s1. The van der Waals surface area contributed by atoms with Gasteiger partial charge in [-0.2, -0.15) is 0 Å². The van der Waals surface area contributed by atoms with Crippen LogP contribution in [0.1, 0.15) is 11.7 Å². The van der Waals surface area contributed by atoms with Crippen LogP contribution in [0, 0.1) is 10.1 Å². The van der Waals surface area contributed by atoms with E-state index in [0.29, 0.717) is 16.3 Å². The molecule has 0 saturated carbocycles.